The second-order valence-electron chi connectivity index (χ2n) is 2.70. The Hall–Kier alpha value is -0.0100. The van der Waals surface area contributed by atoms with Crippen LogP contribution in [0, 0.1) is 0 Å². The Labute approximate surface area is 88.6 Å². The van der Waals surface area contributed by atoms with Crippen LogP contribution >= 0.6 is 7.82 Å². The van der Waals surface area contributed by atoms with Crippen LogP contribution in [0.4, 0.5) is 0 Å². The van der Waals surface area contributed by atoms with E-state index in [0.717, 1.165) is 6.42 Å². The van der Waals surface area contributed by atoms with E-state index in [1.165, 1.54) is 0 Å². The lowest BCUT2D eigenvalue weighted by Gasteiger charge is -2.02. The molecule has 0 atom stereocenters. The van der Waals surface area contributed by atoms with Gasteiger partial charge in [-0.25, -0.2) is 4.57 Å². The van der Waals surface area contributed by atoms with Gasteiger partial charge in [0, 0.05) is 0 Å². The summed E-state index contributed by atoms with van der Waals surface area (Å²) in [5.41, 5.74) is 0. The van der Waals surface area contributed by atoms with Gasteiger partial charge in [0.25, 0.3) is 0 Å². The Morgan fingerprint density at radius 1 is 1.27 bits per heavy atom. The molecule has 0 bridgehead atoms. The van der Waals surface area contributed by atoms with Gasteiger partial charge < -0.3 is 25.1 Å². The SMILES string of the molecule is CCCCOP(=O)(O)O.OCC(O)CO. The summed E-state index contributed by atoms with van der Waals surface area (Å²) in [4.78, 5) is 16.3. The van der Waals surface area contributed by atoms with Crippen molar-refractivity contribution in [1.82, 2.24) is 0 Å². The van der Waals surface area contributed by atoms with E-state index in [1.807, 2.05) is 6.92 Å². The molecule has 8 heteroatoms. The van der Waals surface area contributed by atoms with Crippen molar-refractivity contribution < 1.29 is 34.2 Å². The lowest BCUT2D eigenvalue weighted by molar-refractivity contribution is 0.0450. The van der Waals surface area contributed by atoms with Crippen molar-refractivity contribution in [2.75, 3.05) is 19.8 Å². The number of hydrogen-bond acceptors (Lipinski definition) is 5. The molecule has 0 aromatic carbocycles. The average molecular weight is 246 g/mol. The molecule has 0 saturated carbocycles. The van der Waals surface area contributed by atoms with Crippen LogP contribution in [-0.4, -0.2) is 51.0 Å². The molecule has 5 N–H and O–H groups in total. The molecule has 94 valence electrons. The average Bonchev–Trinajstić information content (AvgIpc) is 2.16. The van der Waals surface area contributed by atoms with Crippen LogP contribution in [0.2, 0.25) is 0 Å². The van der Waals surface area contributed by atoms with Crippen molar-refractivity contribution in [1.29, 1.82) is 0 Å². The first-order chi connectivity index (χ1) is 6.87. The number of hydrogen-bond donors (Lipinski definition) is 5. The minimum atomic E-state index is -4.20. The highest BCUT2D eigenvalue weighted by Crippen LogP contribution is 2.35. The summed E-state index contributed by atoms with van der Waals surface area (Å²) in [7, 11) is -4.20. The maximum absolute atomic E-state index is 9.98. The Kier molecular flexibility index (Phi) is 12.2. The normalized spacial score (nSPS) is 11.1. The van der Waals surface area contributed by atoms with E-state index in [4.69, 9.17) is 25.1 Å². The topological polar surface area (TPSA) is 127 Å². The molecule has 0 unspecified atom stereocenters. The van der Waals surface area contributed by atoms with Crippen LogP contribution in [0.5, 0.6) is 0 Å². The van der Waals surface area contributed by atoms with Crippen LogP contribution in [-0.2, 0) is 9.09 Å². The zero-order chi connectivity index (χ0) is 12.3. The van der Waals surface area contributed by atoms with Gasteiger partial charge >= 0.3 is 7.82 Å². The third-order valence-corrected chi connectivity index (χ3v) is 1.70. The third kappa shape index (κ3) is 20.2. The molecule has 0 rings (SSSR count). The van der Waals surface area contributed by atoms with Gasteiger partial charge in [-0.2, -0.15) is 0 Å². The summed E-state index contributed by atoms with van der Waals surface area (Å²) in [6.07, 6.45) is 0.607. The first kappa shape index (κ1) is 17.4. The minimum Gasteiger partial charge on any atom is -0.394 e. The molecule has 0 fully saturated rings. The maximum atomic E-state index is 9.98. The Bertz CT molecular complexity index is 165. The van der Waals surface area contributed by atoms with E-state index in [0.29, 0.717) is 6.42 Å². The lowest BCUT2D eigenvalue weighted by Crippen LogP contribution is -2.15. The third-order valence-electron chi connectivity index (χ3n) is 1.18. The van der Waals surface area contributed by atoms with Crippen molar-refractivity contribution in [3.05, 3.63) is 0 Å². The number of unbranched alkanes of at least 4 members (excludes halogenated alkanes) is 1. The minimum absolute atomic E-state index is 0.140. The molecule has 15 heavy (non-hydrogen) atoms. The second kappa shape index (κ2) is 10.5. The first-order valence-electron chi connectivity index (χ1n) is 4.47. The van der Waals surface area contributed by atoms with Crippen molar-refractivity contribution in [3.8, 4) is 0 Å². The Morgan fingerprint density at radius 3 is 1.93 bits per heavy atom. The number of rotatable bonds is 6. The van der Waals surface area contributed by atoms with Gasteiger partial charge in [-0.1, -0.05) is 13.3 Å². The van der Waals surface area contributed by atoms with Gasteiger partial charge in [0.2, 0.25) is 0 Å². The van der Waals surface area contributed by atoms with Crippen molar-refractivity contribution in [2.45, 2.75) is 25.9 Å². The highest BCUT2D eigenvalue weighted by molar-refractivity contribution is 7.46. The van der Waals surface area contributed by atoms with E-state index < -0.39 is 13.9 Å². The molecule has 0 aliphatic rings. The predicted octanol–water partition coefficient (Wildman–Crippen LogP) is -0.772. The zero-order valence-corrected chi connectivity index (χ0v) is 9.51. The van der Waals surface area contributed by atoms with Gasteiger partial charge in [0.05, 0.1) is 19.8 Å². The highest BCUT2D eigenvalue weighted by atomic mass is 31.2. The predicted molar refractivity (Wildman–Crippen MR) is 53.1 cm³/mol. The molecular formula is C7H19O7P. The maximum Gasteiger partial charge on any atom is 0.469 e. The summed E-state index contributed by atoms with van der Waals surface area (Å²) >= 11 is 0. The summed E-state index contributed by atoms with van der Waals surface area (Å²) in [5, 5.41) is 24.0. The van der Waals surface area contributed by atoms with Crippen molar-refractivity contribution in [3.63, 3.8) is 0 Å². The fraction of sp³-hybridized carbons (Fsp3) is 1.00. The van der Waals surface area contributed by atoms with Crippen LogP contribution in [0.25, 0.3) is 0 Å². The van der Waals surface area contributed by atoms with Gasteiger partial charge in [0.15, 0.2) is 0 Å². The molecular weight excluding hydrogens is 227 g/mol. The fourth-order valence-electron chi connectivity index (χ4n) is 0.386. The largest absolute Gasteiger partial charge is 0.469 e. The summed E-state index contributed by atoms with van der Waals surface area (Å²) in [5.74, 6) is 0. The van der Waals surface area contributed by atoms with E-state index in [-0.39, 0.29) is 19.8 Å². The fourth-order valence-corrected chi connectivity index (χ4v) is 0.752. The quantitative estimate of drug-likeness (QED) is 0.307. The van der Waals surface area contributed by atoms with E-state index in [2.05, 4.69) is 4.52 Å². The smallest absolute Gasteiger partial charge is 0.394 e. The van der Waals surface area contributed by atoms with Gasteiger partial charge in [-0.05, 0) is 6.42 Å². The van der Waals surface area contributed by atoms with Gasteiger partial charge in [-0.15, -0.1) is 0 Å². The number of phosphoric acid groups is 1. The molecule has 0 aliphatic heterocycles. The number of phosphoric ester groups is 1. The van der Waals surface area contributed by atoms with E-state index in [9.17, 15) is 4.57 Å². The molecule has 0 aromatic heterocycles. The van der Waals surface area contributed by atoms with Crippen LogP contribution < -0.4 is 0 Å². The standard InChI is InChI=1S/C4H11O4P.C3H8O3/c1-2-3-4-8-9(5,6)7;4-1-3(6)2-5/h2-4H2,1H3,(H2,5,6,7);3-6H,1-2H2. The highest BCUT2D eigenvalue weighted by Gasteiger charge is 2.11. The Balaban J connectivity index is 0. The van der Waals surface area contributed by atoms with Gasteiger partial charge in [-0.3, -0.25) is 4.52 Å². The molecule has 0 radical (unpaired) electrons. The van der Waals surface area contributed by atoms with Crippen molar-refractivity contribution in [2.24, 2.45) is 0 Å². The molecule has 0 aliphatic carbocycles. The molecule has 0 aromatic rings. The second-order valence-corrected chi connectivity index (χ2v) is 3.94. The molecule has 0 spiro atoms. The number of aliphatic hydroxyl groups excluding tert-OH is 3. The van der Waals surface area contributed by atoms with Crippen LogP contribution in [0.1, 0.15) is 19.8 Å². The van der Waals surface area contributed by atoms with Gasteiger partial charge in [0.1, 0.15) is 6.10 Å². The molecule has 0 amide bonds. The monoisotopic (exact) mass is 246 g/mol. The summed E-state index contributed by atoms with van der Waals surface area (Å²) in [6.45, 7) is 1.33. The Morgan fingerprint density at radius 2 is 1.73 bits per heavy atom. The summed E-state index contributed by atoms with van der Waals surface area (Å²) in [6, 6.07) is 0. The van der Waals surface area contributed by atoms with Crippen molar-refractivity contribution >= 4 is 7.82 Å². The summed E-state index contributed by atoms with van der Waals surface area (Å²) < 4.78 is 14.1. The first-order valence-corrected chi connectivity index (χ1v) is 6.00. The molecule has 0 saturated heterocycles. The number of aliphatic hydroxyl groups is 3. The lowest BCUT2D eigenvalue weighted by atomic mass is 10.4. The van der Waals surface area contributed by atoms with Crippen LogP contribution in [0.15, 0.2) is 0 Å². The van der Waals surface area contributed by atoms with Crippen LogP contribution in [0.3, 0.4) is 0 Å². The molecule has 7 nitrogen and oxygen atoms in total. The van der Waals surface area contributed by atoms with E-state index >= 15 is 0 Å². The molecule has 0 heterocycles. The zero-order valence-electron chi connectivity index (χ0n) is 8.61. The van der Waals surface area contributed by atoms with E-state index in [1.54, 1.807) is 0 Å².